The number of amides is 1. The fraction of sp³-hybridized carbons (Fsp3) is 0.455. The van der Waals surface area contributed by atoms with Crippen molar-refractivity contribution < 1.29 is 18.9 Å². The third-order valence-electron chi connectivity index (χ3n) is 2.54. The van der Waals surface area contributed by atoms with Crippen LogP contribution in [0, 0.1) is 10.1 Å². The van der Waals surface area contributed by atoms with Crippen LogP contribution in [0.25, 0.3) is 0 Å². The van der Waals surface area contributed by atoms with Gasteiger partial charge >= 0.3 is 12.0 Å². The molecule has 1 aromatic heterocycles. The van der Waals surface area contributed by atoms with Gasteiger partial charge < -0.3 is 14.1 Å². The van der Waals surface area contributed by atoms with E-state index >= 15 is 0 Å². The summed E-state index contributed by atoms with van der Waals surface area (Å²) in [6.45, 7) is 0.931. The Kier molecular flexibility index (Phi) is 3.99. The number of ether oxygens (including phenoxy) is 1. The SMILES string of the molecule is CN(C)C[C@H]1CN(/N=C\c2ccc([N+](=O)[O-])o2)C(=O)O1. The number of furan rings is 1. The first-order valence-corrected chi connectivity index (χ1v) is 5.87. The zero-order valence-electron chi connectivity index (χ0n) is 11.1. The minimum atomic E-state index is -0.644. The fourth-order valence-corrected chi connectivity index (χ4v) is 1.74. The minimum absolute atomic E-state index is 0.195. The molecule has 0 N–H and O–H groups in total. The van der Waals surface area contributed by atoms with Crippen LogP contribution in [0.3, 0.4) is 0 Å². The summed E-state index contributed by atoms with van der Waals surface area (Å²) >= 11 is 0. The number of nitro groups is 1. The first-order valence-electron chi connectivity index (χ1n) is 5.87. The van der Waals surface area contributed by atoms with Crippen molar-refractivity contribution in [3.8, 4) is 0 Å². The van der Waals surface area contributed by atoms with Crippen molar-refractivity contribution >= 4 is 18.2 Å². The van der Waals surface area contributed by atoms with Gasteiger partial charge in [-0.3, -0.25) is 10.1 Å². The van der Waals surface area contributed by atoms with Crippen LogP contribution in [0.1, 0.15) is 5.76 Å². The zero-order valence-corrected chi connectivity index (χ0v) is 11.1. The van der Waals surface area contributed by atoms with Gasteiger partial charge in [0, 0.05) is 6.54 Å². The largest absolute Gasteiger partial charge is 0.441 e. The van der Waals surface area contributed by atoms with Crippen molar-refractivity contribution in [1.82, 2.24) is 9.91 Å². The van der Waals surface area contributed by atoms with Gasteiger partial charge in [-0.15, -0.1) is 0 Å². The Morgan fingerprint density at radius 1 is 1.60 bits per heavy atom. The summed E-state index contributed by atoms with van der Waals surface area (Å²) in [6, 6.07) is 2.62. The Bertz CT molecular complexity index is 539. The number of hydrazone groups is 1. The van der Waals surface area contributed by atoms with Gasteiger partial charge in [0.2, 0.25) is 0 Å². The summed E-state index contributed by atoms with van der Waals surface area (Å²) in [5, 5.41) is 15.5. The average Bonchev–Trinajstić information content (AvgIpc) is 2.93. The normalized spacial score (nSPS) is 19.1. The second-order valence-electron chi connectivity index (χ2n) is 4.53. The molecule has 1 atom stereocenters. The Labute approximate surface area is 114 Å². The summed E-state index contributed by atoms with van der Waals surface area (Å²) in [5.41, 5.74) is 0. The molecule has 2 rings (SSSR count). The van der Waals surface area contributed by atoms with Crippen molar-refractivity contribution in [2.24, 2.45) is 5.10 Å². The lowest BCUT2D eigenvalue weighted by Crippen LogP contribution is -2.28. The van der Waals surface area contributed by atoms with Crippen LogP contribution >= 0.6 is 0 Å². The maximum Gasteiger partial charge on any atom is 0.433 e. The highest BCUT2D eigenvalue weighted by Gasteiger charge is 2.31. The first kappa shape index (κ1) is 14.0. The second-order valence-corrected chi connectivity index (χ2v) is 4.53. The highest BCUT2D eigenvalue weighted by molar-refractivity contribution is 5.78. The number of rotatable bonds is 5. The number of carbonyl (C=O) groups excluding carboxylic acids is 1. The van der Waals surface area contributed by atoms with Crippen LogP contribution in [0.4, 0.5) is 10.7 Å². The van der Waals surface area contributed by atoms with Crippen molar-refractivity contribution in [2.75, 3.05) is 27.2 Å². The Morgan fingerprint density at radius 3 is 2.95 bits per heavy atom. The Hall–Kier alpha value is -2.42. The molecule has 20 heavy (non-hydrogen) atoms. The highest BCUT2D eigenvalue weighted by Crippen LogP contribution is 2.15. The van der Waals surface area contributed by atoms with Gasteiger partial charge in [-0.1, -0.05) is 0 Å². The van der Waals surface area contributed by atoms with Crippen molar-refractivity contribution in [1.29, 1.82) is 0 Å². The smallest absolute Gasteiger partial charge is 0.433 e. The standard InChI is InChI=1S/C11H14N4O5/c1-13(2)6-9-7-14(11(16)20-9)12-5-8-3-4-10(19-8)15(17)18/h3-5,9H,6-7H2,1-2H3/b12-5-/t9-/m0/s1. The molecule has 0 radical (unpaired) electrons. The molecule has 1 aliphatic heterocycles. The van der Waals surface area contributed by atoms with Crippen molar-refractivity contribution in [3.63, 3.8) is 0 Å². The lowest BCUT2D eigenvalue weighted by atomic mass is 10.3. The predicted molar refractivity (Wildman–Crippen MR) is 68.5 cm³/mol. The molecule has 0 bridgehead atoms. The van der Waals surface area contributed by atoms with Gasteiger partial charge in [0.05, 0.1) is 18.8 Å². The maximum atomic E-state index is 11.5. The molecule has 0 aliphatic carbocycles. The van der Waals surface area contributed by atoms with Crippen LogP contribution in [0.5, 0.6) is 0 Å². The van der Waals surface area contributed by atoms with Gasteiger partial charge in [0.15, 0.2) is 5.76 Å². The van der Waals surface area contributed by atoms with Gasteiger partial charge in [0.25, 0.3) is 0 Å². The lowest BCUT2D eigenvalue weighted by molar-refractivity contribution is -0.402. The number of hydrogen-bond donors (Lipinski definition) is 0. The number of cyclic esters (lactones) is 1. The maximum absolute atomic E-state index is 11.5. The van der Waals surface area contributed by atoms with Crippen molar-refractivity contribution in [3.05, 3.63) is 28.0 Å². The Morgan fingerprint density at radius 2 is 2.35 bits per heavy atom. The third-order valence-corrected chi connectivity index (χ3v) is 2.54. The van der Waals surface area contributed by atoms with Crippen LogP contribution in [-0.4, -0.2) is 60.4 Å². The fourth-order valence-electron chi connectivity index (χ4n) is 1.74. The Balaban J connectivity index is 1.97. The van der Waals surface area contributed by atoms with E-state index < -0.39 is 11.0 Å². The monoisotopic (exact) mass is 282 g/mol. The van der Waals surface area contributed by atoms with E-state index in [-0.39, 0.29) is 17.7 Å². The van der Waals surface area contributed by atoms with E-state index in [4.69, 9.17) is 9.15 Å². The van der Waals surface area contributed by atoms with E-state index in [2.05, 4.69) is 5.10 Å². The van der Waals surface area contributed by atoms with Gasteiger partial charge in [-0.2, -0.15) is 10.1 Å². The average molecular weight is 282 g/mol. The first-order chi connectivity index (χ1) is 9.45. The van der Waals surface area contributed by atoms with Crippen LogP contribution in [0.2, 0.25) is 0 Å². The van der Waals surface area contributed by atoms with E-state index in [9.17, 15) is 14.9 Å². The number of nitrogens with zero attached hydrogens (tertiary/aromatic N) is 4. The highest BCUT2D eigenvalue weighted by atomic mass is 16.6. The molecule has 0 spiro atoms. The molecular formula is C11H14N4O5. The van der Waals surface area contributed by atoms with Gasteiger partial charge in [-0.05, 0) is 20.2 Å². The van der Waals surface area contributed by atoms with Crippen LogP contribution in [-0.2, 0) is 4.74 Å². The molecule has 0 saturated carbocycles. The molecule has 2 heterocycles. The topological polar surface area (TPSA) is 101 Å². The van der Waals surface area contributed by atoms with Crippen molar-refractivity contribution in [2.45, 2.75) is 6.10 Å². The van der Waals surface area contributed by atoms with Crippen LogP contribution < -0.4 is 0 Å². The molecule has 0 unspecified atom stereocenters. The van der Waals surface area contributed by atoms with Gasteiger partial charge in [0.1, 0.15) is 11.0 Å². The summed E-state index contributed by atoms with van der Waals surface area (Å²) in [5.74, 6) is -0.179. The molecule has 1 aliphatic rings. The van der Waals surface area contributed by atoms with Crippen LogP contribution in [0.15, 0.2) is 21.7 Å². The molecule has 1 fully saturated rings. The third kappa shape index (κ3) is 3.32. The summed E-state index contributed by atoms with van der Waals surface area (Å²) in [4.78, 5) is 23.2. The predicted octanol–water partition coefficient (Wildman–Crippen LogP) is 0.904. The molecule has 1 amide bonds. The van der Waals surface area contributed by atoms with E-state index in [1.165, 1.54) is 18.3 Å². The number of carbonyl (C=O) groups is 1. The molecular weight excluding hydrogens is 268 g/mol. The minimum Gasteiger partial charge on any atom is -0.441 e. The van der Waals surface area contributed by atoms with E-state index in [1.54, 1.807) is 0 Å². The van der Waals surface area contributed by atoms with E-state index in [0.29, 0.717) is 13.1 Å². The van der Waals surface area contributed by atoms with Gasteiger partial charge in [-0.25, -0.2) is 4.79 Å². The summed E-state index contributed by atoms with van der Waals surface area (Å²) in [7, 11) is 3.75. The molecule has 1 saturated heterocycles. The van der Waals surface area contributed by atoms with E-state index in [1.807, 2.05) is 19.0 Å². The number of likely N-dealkylation sites (N-methyl/N-ethyl adjacent to an activating group) is 1. The summed E-state index contributed by atoms with van der Waals surface area (Å²) in [6.07, 6.45) is 0.446. The van der Waals surface area contributed by atoms with E-state index in [0.717, 1.165) is 5.01 Å². The molecule has 108 valence electrons. The quantitative estimate of drug-likeness (QED) is 0.452. The lowest BCUT2D eigenvalue weighted by Gasteiger charge is -2.13. The second kappa shape index (κ2) is 5.70. The number of hydrogen-bond acceptors (Lipinski definition) is 7. The molecule has 9 nitrogen and oxygen atoms in total. The summed E-state index contributed by atoms with van der Waals surface area (Å²) < 4.78 is 10.0. The molecule has 0 aromatic carbocycles. The molecule has 1 aromatic rings. The zero-order chi connectivity index (χ0) is 14.7. The molecule has 9 heteroatoms.